The van der Waals surface area contributed by atoms with E-state index in [1.165, 1.54) is 24.3 Å². The zero-order valence-corrected chi connectivity index (χ0v) is 9.77. The van der Waals surface area contributed by atoms with Crippen molar-refractivity contribution in [3.63, 3.8) is 0 Å². The summed E-state index contributed by atoms with van der Waals surface area (Å²) < 4.78 is 3.59. The normalized spacial score (nSPS) is 17.9. The molecule has 1 fully saturated rings. The third kappa shape index (κ3) is 2.73. The Bertz CT molecular complexity index is 267. The van der Waals surface area contributed by atoms with Crippen molar-refractivity contribution in [2.24, 2.45) is 0 Å². The second kappa shape index (κ2) is 4.49. The first kappa shape index (κ1) is 9.56. The Kier molecular flexibility index (Phi) is 3.30. The Balaban J connectivity index is 1.97. The van der Waals surface area contributed by atoms with Crippen LogP contribution in [0.15, 0.2) is 28.7 Å². The van der Waals surface area contributed by atoms with Crippen LogP contribution < -0.4 is 0 Å². The average molecular weight is 258 g/mol. The summed E-state index contributed by atoms with van der Waals surface area (Å²) in [6.45, 7) is 2.32. The maximum atomic E-state index is 3.44. The summed E-state index contributed by atoms with van der Waals surface area (Å²) in [7, 11) is 0. The fourth-order valence-corrected chi connectivity index (χ4v) is 2.70. The number of hydrogen-bond donors (Lipinski definition) is 0. The van der Waals surface area contributed by atoms with Crippen LogP contribution in [0.25, 0.3) is 0 Å². The van der Waals surface area contributed by atoms with Gasteiger partial charge in [0.15, 0.2) is 0 Å². The second-order valence-corrected chi connectivity index (χ2v) is 5.28. The molecule has 0 radical (unpaired) electrons. The third-order valence-electron chi connectivity index (χ3n) is 2.10. The fraction of sp³-hybridized carbons (Fsp3) is 0.400. The summed E-state index contributed by atoms with van der Waals surface area (Å²) in [5.41, 5.74) is 1.40. The van der Waals surface area contributed by atoms with E-state index in [9.17, 15) is 0 Å². The van der Waals surface area contributed by atoms with Crippen LogP contribution in [0.4, 0.5) is 0 Å². The van der Waals surface area contributed by atoms with Crippen molar-refractivity contribution in [1.82, 2.24) is 4.31 Å². The number of halogens is 1. The van der Waals surface area contributed by atoms with E-state index in [4.69, 9.17) is 0 Å². The highest BCUT2D eigenvalue weighted by molar-refractivity contribution is 9.10. The van der Waals surface area contributed by atoms with Gasteiger partial charge in [-0.05, 0) is 24.1 Å². The van der Waals surface area contributed by atoms with Crippen molar-refractivity contribution >= 4 is 27.9 Å². The summed E-state index contributed by atoms with van der Waals surface area (Å²) in [5, 5.41) is 0. The highest BCUT2D eigenvalue weighted by Gasteiger charge is 2.11. The van der Waals surface area contributed by atoms with E-state index in [-0.39, 0.29) is 0 Å². The maximum Gasteiger partial charge on any atom is 0.0340 e. The molecule has 1 aromatic rings. The molecular weight excluding hydrogens is 246 g/mol. The lowest BCUT2D eigenvalue weighted by Crippen LogP contribution is -2.10. The van der Waals surface area contributed by atoms with E-state index in [1.807, 2.05) is 11.9 Å². The molecule has 13 heavy (non-hydrogen) atoms. The smallest absolute Gasteiger partial charge is 0.0340 e. The van der Waals surface area contributed by atoms with Crippen molar-refractivity contribution in [2.75, 3.05) is 12.3 Å². The van der Waals surface area contributed by atoms with Crippen LogP contribution in [0, 0.1) is 0 Å². The van der Waals surface area contributed by atoms with Crippen LogP contribution in [0.1, 0.15) is 12.0 Å². The summed E-state index contributed by atoms with van der Waals surface area (Å²) in [5.74, 6) is 1.29. The van der Waals surface area contributed by atoms with Gasteiger partial charge in [-0.3, -0.25) is 0 Å². The zero-order chi connectivity index (χ0) is 9.10. The molecule has 0 unspecified atom stereocenters. The van der Waals surface area contributed by atoms with Gasteiger partial charge < -0.3 is 0 Å². The Morgan fingerprint density at radius 3 is 2.69 bits per heavy atom. The molecule has 0 aromatic heterocycles. The molecule has 2 rings (SSSR count). The number of hydrogen-bond acceptors (Lipinski definition) is 2. The van der Waals surface area contributed by atoms with Gasteiger partial charge in [-0.2, -0.15) is 0 Å². The molecular formula is C10H12BrNS. The van der Waals surface area contributed by atoms with Crippen LogP contribution in [-0.2, 0) is 6.54 Å². The first-order chi connectivity index (χ1) is 6.34. The van der Waals surface area contributed by atoms with Crippen molar-refractivity contribution < 1.29 is 0 Å². The number of nitrogens with zero attached hydrogens (tertiary/aromatic N) is 1. The van der Waals surface area contributed by atoms with Gasteiger partial charge in [-0.25, -0.2) is 4.31 Å². The molecule has 0 amide bonds. The Labute approximate surface area is 91.8 Å². The summed E-state index contributed by atoms with van der Waals surface area (Å²) >= 11 is 5.40. The topological polar surface area (TPSA) is 3.24 Å². The third-order valence-corrected chi connectivity index (χ3v) is 3.77. The molecule has 0 bridgehead atoms. The van der Waals surface area contributed by atoms with Crippen molar-refractivity contribution in [1.29, 1.82) is 0 Å². The highest BCUT2D eigenvalue weighted by Crippen LogP contribution is 2.23. The highest BCUT2D eigenvalue weighted by atomic mass is 79.9. The predicted molar refractivity (Wildman–Crippen MR) is 61.6 cm³/mol. The van der Waals surface area contributed by atoms with Gasteiger partial charge in [-0.1, -0.05) is 40.0 Å². The molecule has 1 aliphatic heterocycles. The Morgan fingerprint density at radius 2 is 2.08 bits per heavy atom. The van der Waals surface area contributed by atoms with E-state index >= 15 is 0 Å². The van der Waals surface area contributed by atoms with Crippen molar-refractivity contribution in [3.05, 3.63) is 34.3 Å². The lowest BCUT2D eigenvalue weighted by atomic mass is 10.2. The minimum Gasteiger partial charge on any atom is -0.246 e. The molecule has 1 heterocycles. The molecule has 0 spiro atoms. The predicted octanol–water partition coefficient (Wildman–Crippen LogP) is 3.30. The lowest BCUT2D eigenvalue weighted by Gasteiger charge is -2.12. The Hall–Kier alpha value is 0.01000. The molecule has 1 aliphatic rings. The van der Waals surface area contributed by atoms with Crippen molar-refractivity contribution in [2.45, 2.75) is 13.0 Å². The fourth-order valence-electron chi connectivity index (χ4n) is 1.42. The summed E-state index contributed by atoms with van der Waals surface area (Å²) in [4.78, 5) is 0. The standard InChI is InChI=1S/C10H12BrNS/c11-10-4-2-9(3-5-10)8-12-6-1-7-13-12/h2-5H,1,6-8H2. The molecule has 1 aromatic carbocycles. The second-order valence-electron chi connectivity index (χ2n) is 3.18. The van der Waals surface area contributed by atoms with Gasteiger partial charge in [0.25, 0.3) is 0 Å². The van der Waals surface area contributed by atoms with Crippen LogP contribution in [-0.4, -0.2) is 16.6 Å². The van der Waals surface area contributed by atoms with Gasteiger partial charge >= 0.3 is 0 Å². The quantitative estimate of drug-likeness (QED) is 0.749. The van der Waals surface area contributed by atoms with E-state index < -0.39 is 0 Å². The first-order valence-electron chi connectivity index (χ1n) is 4.47. The SMILES string of the molecule is Brc1ccc(CN2CCCS2)cc1. The van der Waals surface area contributed by atoms with Crippen molar-refractivity contribution in [3.8, 4) is 0 Å². The van der Waals surface area contributed by atoms with E-state index in [0.717, 1.165) is 11.0 Å². The molecule has 0 atom stereocenters. The Morgan fingerprint density at radius 1 is 1.31 bits per heavy atom. The van der Waals surface area contributed by atoms with Crippen LogP contribution >= 0.6 is 27.9 Å². The van der Waals surface area contributed by atoms with Gasteiger partial charge in [0.1, 0.15) is 0 Å². The minimum atomic E-state index is 1.08. The largest absolute Gasteiger partial charge is 0.246 e. The van der Waals surface area contributed by atoms with E-state index in [2.05, 4.69) is 44.5 Å². The zero-order valence-electron chi connectivity index (χ0n) is 7.37. The van der Waals surface area contributed by atoms with Gasteiger partial charge in [0.2, 0.25) is 0 Å². The molecule has 0 aliphatic carbocycles. The van der Waals surface area contributed by atoms with E-state index in [1.54, 1.807) is 0 Å². The molecule has 70 valence electrons. The lowest BCUT2D eigenvalue weighted by molar-refractivity contribution is 0.492. The first-order valence-corrected chi connectivity index (χ1v) is 6.20. The molecule has 0 saturated carbocycles. The van der Waals surface area contributed by atoms with Crippen LogP contribution in [0.2, 0.25) is 0 Å². The molecule has 3 heteroatoms. The molecule has 1 nitrogen and oxygen atoms in total. The van der Waals surface area contributed by atoms with Gasteiger partial charge in [0, 0.05) is 23.3 Å². The minimum absolute atomic E-state index is 1.08. The van der Waals surface area contributed by atoms with Crippen LogP contribution in [0.5, 0.6) is 0 Å². The van der Waals surface area contributed by atoms with Gasteiger partial charge in [0.05, 0.1) is 0 Å². The monoisotopic (exact) mass is 257 g/mol. The van der Waals surface area contributed by atoms with Crippen LogP contribution in [0.3, 0.4) is 0 Å². The summed E-state index contributed by atoms with van der Waals surface area (Å²) in [6, 6.07) is 8.58. The number of benzene rings is 1. The maximum absolute atomic E-state index is 3.44. The number of rotatable bonds is 2. The average Bonchev–Trinajstić information content (AvgIpc) is 2.62. The molecule has 0 N–H and O–H groups in total. The molecule has 1 saturated heterocycles. The van der Waals surface area contributed by atoms with E-state index in [0.29, 0.717) is 0 Å². The van der Waals surface area contributed by atoms with Gasteiger partial charge in [-0.15, -0.1) is 0 Å². The summed E-state index contributed by atoms with van der Waals surface area (Å²) in [6.07, 6.45) is 1.33.